The standard InChI is InChI=1S/C11H20N2O3S/c1-11(2,3)10(14)13-5-4-12-8-6-17(15,16)7-9(8)13/h8-9,12H,4-7H2,1-3H3/t8-,9+/m1/s1. The number of amides is 1. The van der Waals surface area contributed by atoms with E-state index in [0.29, 0.717) is 13.1 Å². The van der Waals surface area contributed by atoms with E-state index in [4.69, 9.17) is 0 Å². The molecule has 0 bridgehead atoms. The molecule has 2 aliphatic rings. The fraction of sp³-hybridized carbons (Fsp3) is 0.909. The molecule has 0 unspecified atom stereocenters. The fourth-order valence-electron chi connectivity index (χ4n) is 2.55. The molecule has 2 fully saturated rings. The van der Waals surface area contributed by atoms with Crippen LogP contribution in [0.5, 0.6) is 0 Å². The average molecular weight is 260 g/mol. The van der Waals surface area contributed by atoms with E-state index in [1.54, 1.807) is 4.90 Å². The minimum Gasteiger partial charge on any atom is -0.335 e. The zero-order chi connectivity index (χ0) is 12.8. The van der Waals surface area contributed by atoms with Gasteiger partial charge in [-0.05, 0) is 0 Å². The lowest BCUT2D eigenvalue weighted by Crippen LogP contribution is -2.60. The molecule has 2 atom stereocenters. The predicted molar refractivity (Wildman–Crippen MR) is 65.4 cm³/mol. The minimum absolute atomic E-state index is 0.0473. The highest BCUT2D eigenvalue weighted by Gasteiger charge is 2.46. The van der Waals surface area contributed by atoms with Crippen molar-refractivity contribution >= 4 is 15.7 Å². The Morgan fingerprint density at radius 1 is 1.29 bits per heavy atom. The first kappa shape index (κ1) is 12.8. The molecule has 0 aromatic rings. The molecule has 0 spiro atoms. The Bertz CT molecular complexity index is 424. The van der Waals surface area contributed by atoms with Crippen LogP contribution in [0, 0.1) is 5.41 Å². The highest BCUT2D eigenvalue weighted by atomic mass is 32.2. The van der Waals surface area contributed by atoms with Gasteiger partial charge in [-0.1, -0.05) is 20.8 Å². The van der Waals surface area contributed by atoms with Gasteiger partial charge >= 0.3 is 0 Å². The number of fused-ring (bicyclic) bond motifs is 1. The quantitative estimate of drug-likeness (QED) is 0.645. The van der Waals surface area contributed by atoms with Crippen LogP contribution in [0.1, 0.15) is 20.8 Å². The summed E-state index contributed by atoms with van der Waals surface area (Å²) in [5.74, 6) is 0.309. The lowest BCUT2D eigenvalue weighted by atomic mass is 9.92. The Kier molecular flexibility index (Phi) is 2.98. The summed E-state index contributed by atoms with van der Waals surface area (Å²) in [5.41, 5.74) is -0.450. The van der Waals surface area contributed by atoms with Crippen LogP contribution in [-0.4, -0.2) is 55.9 Å². The van der Waals surface area contributed by atoms with E-state index >= 15 is 0 Å². The summed E-state index contributed by atoms with van der Waals surface area (Å²) < 4.78 is 23.3. The molecule has 0 aliphatic carbocycles. The maximum Gasteiger partial charge on any atom is 0.228 e. The summed E-state index contributed by atoms with van der Waals surface area (Å²) in [6.45, 7) is 6.90. The summed E-state index contributed by atoms with van der Waals surface area (Å²) >= 11 is 0. The first-order valence-corrected chi connectivity index (χ1v) is 7.78. The van der Waals surface area contributed by atoms with Crippen LogP contribution in [-0.2, 0) is 14.6 Å². The van der Waals surface area contributed by atoms with Crippen LogP contribution in [0.25, 0.3) is 0 Å². The molecule has 6 heteroatoms. The second-order valence-electron chi connectivity index (χ2n) is 5.95. The van der Waals surface area contributed by atoms with Gasteiger partial charge in [-0.15, -0.1) is 0 Å². The van der Waals surface area contributed by atoms with Gasteiger partial charge in [0.25, 0.3) is 0 Å². The summed E-state index contributed by atoms with van der Waals surface area (Å²) in [6.07, 6.45) is 0. The Hall–Kier alpha value is -0.620. The molecule has 0 saturated carbocycles. The van der Waals surface area contributed by atoms with E-state index in [0.717, 1.165) is 0 Å². The molecule has 2 saturated heterocycles. The van der Waals surface area contributed by atoms with Crippen molar-refractivity contribution in [2.75, 3.05) is 24.6 Å². The fourth-order valence-corrected chi connectivity index (χ4v) is 4.51. The monoisotopic (exact) mass is 260 g/mol. The topological polar surface area (TPSA) is 66.5 Å². The molecule has 2 rings (SSSR count). The third-order valence-corrected chi connectivity index (χ3v) is 5.10. The van der Waals surface area contributed by atoms with Gasteiger partial charge < -0.3 is 10.2 Å². The smallest absolute Gasteiger partial charge is 0.228 e. The largest absolute Gasteiger partial charge is 0.335 e. The van der Waals surface area contributed by atoms with Gasteiger partial charge in [-0.25, -0.2) is 8.42 Å². The molecule has 2 heterocycles. The Morgan fingerprint density at radius 3 is 2.53 bits per heavy atom. The Labute approximate surface area is 102 Å². The SMILES string of the molecule is CC(C)(C)C(=O)N1CCN[C@@H]2CS(=O)(=O)C[C@@H]21. The number of piperazine rings is 1. The number of nitrogens with one attached hydrogen (secondary N) is 1. The number of hydrogen-bond donors (Lipinski definition) is 1. The second kappa shape index (κ2) is 3.95. The van der Waals surface area contributed by atoms with Crippen molar-refractivity contribution in [1.29, 1.82) is 0 Å². The van der Waals surface area contributed by atoms with Crippen LogP contribution in [0.15, 0.2) is 0 Å². The summed E-state index contributed by atoms with van der Waals surface area (Å²) in [5, 5.41) is 3.20. The van der Waals surface area contributed by atoms with Crippen molar-refractivity contribution in [3.05, 3.63) is 0 Å². The maximum atomic E-state index is 12.3. The molecule has 17 heavy (non-hydrogen) atoms. The van der Waals surface area contributed by atoms with Crippen LogP contribution < -0.4 is 5.32 Å². The number of nitrogens with zero attached hydrogens (tertiary/aromatic N) is 1. The van der Waals surface area contributed by atoms with Gasteiger partial charge in [-0.2, -0.15) is 0 Å². The molecule has 0 radical (unpaired) electrons. The van der Waals surface area contributed by atoms with Crippen molar-refractivity contribution < 1.29 is 13.2 Å². The van der Waals surface area contributed by atoms with Gasteiger partial charge in [-0.3, -0.25) is 4.79 Å². The van der Waals surface area contributed by atoms with Crippen LogP contribution in [0.3, 0.4) is 0 Å². The number of sulfone groups is 1. The van der Waals surface area contributed by atoms with Crippen molar-refractivity contribution in [2.24, 2.45) is 5.41 Å². The third kappa shape index (κ3) is 2.47. The van der Waals surface area contributed by atoms with Gasteiger partial charge in [0.2, 0.25) is 5.91 Å². The highest BCUT2D eigenvalue weighted by Crippen LogP contribution is 2.26. The molecule has 2 aliphatic heterocycles. The van der Waals surface area contributed by atoms with Crippen LogP contribution in [0.4, 0.5) is 0 Å². The van der Waals surface area contributed by atoms with E-state index in [1.165, 1.54) is 0 Å². The Morgan fingerprint density at radius 2 is 1.94 bits per heavy atom. The van der Waals surface area contributed by atoms with Crippen molar-refractivity contribution in [2.45, 2.75) is 32.9 Å². The molecule has 98 valence electrons. The second-order valence-corrected chi connectivity index (χ2v) is 8.11. The summed E-state index contributed by atoms with van der Waals surface area (Å²) in [4.78, 5) is 14.0. The van der Waals surface area contributed by atoms with Crippen molar-refractivity contribution in [3.8, 4) is 0 Å². The van der Waals surface area contributed by atoms with E-state index in [9.17, 15) is 13.2 Å². The van der Waals surface area contributed by atoms with Gasteiger partial charge in [0, 0.05) is 24.5 Å². The van der Waals surface area contributed by atoms with E-state index < -0.39 is 15.3 Å². The Balaban J connectivity index is 2.22. The summed E-state index contributed by atoms with van der Waals surface area (Å²) in [7, 11) is -3.00. The highest BCUT2D eigenvalue weighted by molar-refractivity contribution is 7.91. The van der Waals surface area contributed by atoms with Crippen LogP contribution >= 0.6 is 0 Å². The normalized spacial score (nSPS) is 32.3. The maximum absolute atomic E-state index is 12.3. The number of hydrogen-bond acceptors (Lipinski definition) is 4. The zero-order valence-corrected chi connectivity index (χ0v) is 11.4. The molecule has 0 aromatic carbocycles. The zero-order valence-electron chi connectivity index (χ0n) is 10.6. The molecule has 1 N–H and O–H groups in total. The number of rotatable bonds is 0. The number of carbonyl (C=O) groups excluding carboxylic acids is 1. The lowest BCUT2D eigenvalue weighted by Gasteiger charge is -2.40. The van der Waals surface area contributed by atoms with Crippen LogP contribution in [0.2, 0.25) is 0 Å². The molecule has 0 aromatic heterocycles. The molecular weight excluding hydrogens is 240 g/mol. The predicted octanol–water partition coefficient (Wildman–Crippen LogP) is -0.370. The summed E-state index contributed by atoms with van der Waals surface area (Å²) in [6, 6.07) is -0.263. The van der Waals surface area contributed by atoms with Crippen molar-refractivity contribution in [1.82, 2.24) is 10.2 Å². The minimum atomic E-state index is -3.00. The van der Waals surface area contributed by atoms with Crippen molar-refractivity contribution in [3.63, 3.8) is 0 Å². The first-order valence-electron chi connectivity index (χ1n) is 5.95. The third-order valence-electron chi connectivity index (χ3n) is 3.38. The molecular formula is C11H20N2O3S. The first-order chi connectivity index (χ1) is 7.71. The van der Waals surface area contributed by atoms with E-state index in [2.05, 4.69) is 5.32 Å². The van der Waals surface area contributed by atoms with Gasteiger partial charge in [0.05, 0.1) is 17.5 Å². The van der Waals surface area contributed by atoms with E-state index in [-0.39, 0.29) is 29.5 Å². The molecule has 5 nitrogen and oxygen atoms in total. The lowest BCUT2D eigenvalue weighted by molar-refractivity contribution is -0.142. The van der Waals surface area contributed by atoms with Gasteiger partial charge in [0.15, 0.2) is 9.84 Å². The number of carbonyl (C=O) groups is 1. The van der Waals surface area contributed by atoms with Gasteiger partial charge in [0.1, 0.15) is 0 Å². The molecule has 1 amide bonds. The average Bonchev–Trinajstić information content (AvgIpc) is 2.48. The van der Waals surface area contributed by atoms with E-state index in [1.807, 2.05) is 20.8 Å².